The first-order chi connectivity index (χ1) is 30.8. The van der Waals surface area contributed by atoms with Gasteiger partial charge in [0.05, 0.1) is 45.5 Å². The summed E-state index contributed by atoms with van der Waals surface area (Å²) < 4.78 is 76.2. The molecule has 0 amide bonds. The van der Waals surface area contributed by atoms with Gasteiger partial charge in [0.25, 0.3) is 5.56 Å². The molecule has 1 aromatic heterocycles. The Bertz CT molecular complexity index is 2440. The molecule has 66 heavy (non-hydrogen) atoms. The summed E-state index contributed by atoms with van der Waals surface area (Å²) >= 11 is 0. The van der Waals surface area contributed by atoms with Crippen LogP contribution >= 0.6 is 15.2 Å². The van der Waals surface area contributed by atoms with Crippen molar-refractivity contribution >= 4 is 15.2 Å². The van der Waals surface area contributed by atoms with Gasteiger partial charge in [0.15, 0.2) is 12.5 Å². The van der Waals surface area contributed by atoms with Crippen molar-refractivity contribution in [3.63, 3.8) is 0 Å². The van der Waals surface area contributed by atoms with E-state index < -0.39 is 94.2 Å². The molecule has 0 radical (unpaired) electrons. The van der Waals surface area contributed by atoms with Gasteiger partial charge in [0.2, 0.25) is 0 Å². The van der Waals surface area contributed by atoms with E-state index in [1.165, 1.54) is 0 Å². The van der Waals surface area contributed by atoms with Crippen LogP contribution in [0.15, 0.2) is 143 Å². The minimum Gasteiger partial charge on any atom is -0.778 e. The Morgan fingerprint density at radius 1 is 0.591 bits per heavy atom. The summed E-state index contributed by atoms with van der Waals surface area (Å²) in [7, 11) is -10.9. The first-order valence-corrected chi connectivity index (χ1v) is 23.8. The van der Waals surface area contributed by atoms with Crippen LogP contribution in [0.5, 0.6) is 0 Å². The molecule has 0 bridgehead atoms. The van der Waals surface area contributed by atoms with Crippen molar-refractivity contribution in [3.8, 4) is 0 Å². The van der Waals surface area contributed by atoms with Crippen molar-refractivity contribution in [2.24, 2.45) is 0 Å². The fourth-order valence-corrected chi connectivity index (χ4v) is 10.3. The molecular formula is C44H56N4O16P2. The van der Waals surface area contributed by atoms with Gasteiger partial charge in [-0.3, -0.25) is 14.3 Å². The molecule has 3 heterocycles. The molecule has 2 unspecified atom stereocenters. The van der Waals surface area contributed by atoms with Crippen LogP contribution in [0.2, 0.25) is 0 Å². The standard InChI is InChI=1S/C44H50N2O16P2.2H3N/c47-36-21-22-46(44(50)45-36)42-38(49)37(48)34(60-42)28-59-63(51,52)29-64(53,54)62-43-41(58-26-33-19-11-4-12-20-33)40(57-25-32-17-9-3-10-18-32)39(56-24-31-15-7-2-8-16-31)35(61-43)27-55-23-30-13-5-1-6-14-30;;/h1-22,34-35,37-43,48-49H,23-29H2,(H,51,52)(H,53,54)(H,45,47,50);2*1H3/t34-,35-,37-,38-,39-,40+,41-,42-,43-;;/m1../s1. The lowest BCUT2D eigenvalue weighted by atomic mass is 9.98. The van der Waals surface area contributed by atoms with Crippen molar-refractivity contribution in [1.82, 2.24) is 21.9 Å². The zero-order valence-corrected chi connectivity index (χ0v) is 38.1. The number of benzene rings is 4. The van der Waals surface area contributed by atoms with Crippen LogP contribution in [0, 0.1) is 0 Å². The fourth-order valence-electron chi connectivity index (χ4n) is 7.19. The lowest BCUT2D eigenvalue weighted by Crippen LogP contribution is -2.61. The van der Waals surface area contributed by atoms with Crippen molar-refractivity contribution in [2.75, 3.05) is 19.1 Å². The van der Waals surface area contributed by atoms with E-state index in [2.05, 4.69) is 0 Å². The van der Waals surface area contributed by atoms with Gasteiger partial charge in [-0.05, 0) is 22.3 Å². The van der Waals surface area contributed by atoms with Crippen LogP contribution in [0.4, 0.5) is 0 Å². The van der Waals surface area contributed by atoms with E-state index in [1.807, 2.05) is 102 Å². The normalized spacial score (nSPS) is 25.7. The predicted octanol–water partition coefficient (Wildman–Crippen LogP) is 3.70. The van der Waals surface area contributed by atoms with Gasteiger partial charge in [0, 0.05) is 12.3 Å². The van der Waals surface area contributed by atoms with Gasteiger partial charge in [-0.15, -0.1) is 0 Å². The van der Waals surface area contributed by atoms with Crippen molar-refractivity contribution < 1.29 is 66.6 Å². The van der Waals surface area contributed by atoms with Crippen LogP contribution in [-0.4, -0.2) is 87.9 Å². The number of aromatic nitrogens is 2. The molecule has 2 fully saturated rings. The summed E-state index contributed by atoms with van der Waals surface area (Å²) in [5.41, 5.74) is 1.50. The maximum Gasteiger partial charge on any atom is 0.330 e. The van der Waals surface area contributed by atoms with E-state index >= 15 is 0 Å². The largest absolute Gasteiger partial charge is 0.778 e. The summed E-state index contributed by atoms with van der Waals surface area (Å²) in [6.45, 7) is -0.856. The molecule has 7 rings (SSSR count). The third kappa shape index (κ3) is 14.5. The quantitative estimate of drug-likeness (QED) is 0.0655. The number of nitrogens with one attached hydrogen (secondary N) is 1. The minimum absolute atomic E-state index is 0. The number of aromatic amines is 1. The SMILES string of the molecule is O=c1ccn([C@@H]2O[C@H](COP(=O)([O-])CP(=O)([O-])O[C@H]3O[C@H](COCc4ccccc4)[C@@H](OCc4ccccc4)[C@H](OCc4ccccc4)[C@H]3OCc3ccccc3)[C@@H](O)[C@H]2O)c(=O)[nH]1.[NH4+].[NH4+]. The maximum absolute atomic E-state index is 13.9. The zero-order valence-electron chi connectivity index (χ0n) is 36.3. The van der Waals surface area contributed by atoms with Gasteiger partial charge >= 0.3 is 5.69 Å². The van der Waals surface area contributed by atoms with Crippen LogP contribution in [0.1, 0.15) is 28.5 Å². The number of nitrogens with zero attached hydrogens (tertiary/aromatic N) is 1. The lowest BCUT2D eigenvalue weighted by molar-refractivity contribution is -0.321. The molecular weight excluding hydrogens is 902 g/mol. The highest BCUT2D eigenvalue weighted by atomic mass is 31.2. The fraction of sp³-hybridized carbons (Fsp3) is 0.364. The number of rotatable bonds is 21. The minimum atomic E-state index is -5.49. The van der Waals surface area contributed by atoms with E-state index in [9.17, 15) is 38.7 Å². The van der Waals surface area contributed by atoms with Crippen molar-refractivity contribution in [3.05, 3.63) is 177 Å². The van der Waals surface area contributed by atoms with Crippen LogP contribution in [0.3, 0.4) is 0 Å². The molecule has 358 valence electrons. The molecule has 2 aliphatic rings. The number of hydrogen-bond donors (Lipinski definition) is 5. The van der Waals surface area contributed by atoms with Crippen LogP contribution < -0.4 is 33.3 Å². The van der Waals surface area contributed by atoms with E-state index in [4.69, 9.17) is 37.5 Å². The zero-order chi connectivity index (χ0) is 45.1. The van der Waals surface area contributed by atoms with E-state index in [1.54, 1.807) is 24.3 Å². The maximum atomic E-state index is 13.9. The Kier molecular flexibility index (Phi) is 19.4. The smallest absolute Gasteiger partial charge is 0.330 e. The number of aliphatic hydroxyl groups is 2. The molecule has 0 aliphatic carbocycles. The second-order valence-electron chi connectivity index (χ2n) is 15.2. The highest BCUT2D eigenvalue weighted by molar-refractivity contribution is 7.69. The highest BCUT2D eigenvalue weighted by Gasteiger charge is 2.50. The first-order valence-electron chi connectivity index (χ1n) is 20.3. The Labute approximate surface area is 380 Å². The molecule has 0 saturated carbocycles. The van der Waals surface area contributed by atoms with Gasteiger partial charge < -0.3 is 78.9 Å². The van der Waals surface area contributed by atoms with E-state index in [0.717, 1.165) is 39.1 Å². The first kappa shape index (κ1) is 52.4. The van der Waals surface area contributed by atoms with Crippen LogP contribution in [0.25, 0.3) is 0 Å². The molecule has 2 saturated heterocycles. The second kappa shape index (κ2) is 24.5. The van der Waals surface area contributed by atoms with E-state index in [0.29, 0.717) is 0 Å². The lowest BCUT2D eigenvalue weighted by Gasteiger charge is -2.47. The molecule has 5 aromatic rings. The van der Waals surface area contributed by atoms with Gasteiger partial charge in [0.1, 0.15) is 57.9 Å². The third-order valence-electron chi connectivity index (χ3n) is 10.3. The average molecular weight is 959 g/mol. The molecule has 20 nitrogen and oxygen atoms in total. The number of ether oxygens (including phenoxy) is 6. The Balaban J connectivity index is 0.00000408. The van der Waals surface area contributed by atoms with Crippen molar-refractivity contribution in [2.45, 2.75) is 81.7 Å². The second-order valence-corrected chi connectivity index (χ2v) is 19.2. The number of aliphatic hydroxyl groups excluding tert-OH is 2. The summed E-state index contributed by atoms with van der Waals surface area (Å²) in [4.78, 5) is 53.0. The van der Waals surface area contributed by atoms with Crippen LogP contribution in [-0.2, 0) is 73.0 Å². The number of H-pyrrole nitrogens is 1. The summed E-state index contributed by atoms with van der Waals surface area (Å²) in [6.07, 6.45) is -11.8. The Morgan fingerprint density at radius 3 is 1.59 bits per heavy atom. The molecule has 0 spiro atoms. The molecule has 22 heteroatoms. The summed E-state index contributed by atoms with van der Waals surface area (Å²) in [5, 5.41) is 21.2. The Morgan fingerprint density at radius 2 is 1.08 bits per heavy atom. The third-order valence-corrected chi connectivity index (χ3v) is 14.2. The summed E-state index contributed by atoms with van der Waals surface area (Å²) in [5.74, 6) is -1.67. The topological polar surface area (TPSA) is 322 Å². The molecule has 11 N–H and O–H groups in total. The predicted molar refractivity (Wildman–Crippen MR) is 236 cm³/mol. The van der Waals surface area contributed by atoms with Gasteiger partial charge in [-0.1, -0.05) is 121 Å². The molecule has 4 aromatic carbocycles. The summed E-state index contributed by atoms with van der Waals surface area (Å²) in [6, 6.07) is 37.9. The Hall–Kier alpha value is -4.54. The number of hydrogen-bond acceptors (Lipinski definition) is 16. The number of quaternary nitrogens is 2. The van der Waals surface area contributed by atoms with Gasteiger partial charge in [-0.25, -0.2) is 4.79 Å². The van der Waals surface area contributed by atoms with Gasteiger partial charge in [-0.2, -0.15) is 0 Å². The molecule has 2 aliphatic heterocycles. The average Bonchev–Trinajstić information content (AvgIpc) is 3.56. The molecule has 11 atom stereocenters. The van der Waals surface area contributed by atoms with E-state index in [-0.39, 0.29) is 45.3 Å². The van der Waals surface area contributed by atoms with Crippen molar-refractivity contribution in [1.29, 1.82) is 0 Å². The highest BCUT2D eigenvalue weighted by Crippen LogP contribution is 2.55. The monoisotopic (exact) mass is 958 g/mol.